The molecule has 100 valence electrons. The van der Waals surface area contributed by atoms with Gasteiger partial charge in [0.2, 0.25) is 5.91 Å². The molecule has 3 rings (SSSR count). The molecule has 1 heterocycles. The number of rotatable bonds is 2. The number of hydrogen-bond donors (Lipinski definition) is 1. The summed E-state index contributed by atoms with van der Waals surface area (Å²) in [5, 5.41) is 4.25. The van der Waals surface area contributed by atoms with Crippen molar-refractivity contribution in [3.63, 3.8) is 0 Å². The van der Waals surface area contributed by atoms with Gasteiger partial charge < -0.3 is 4.74 Å². The highest BCUT2D eigenvalue weighted by Crippen LogP contribution is 2.23. The number of hydrogen-bond acceptors (Lipinski definition) is 3. The second kappa shape index (κ2) is 5.17. The Bertz CT molecular complexity index is 678. The van der Waals surface area contributed by atoms with E-state index >= 15 is 0 Å². The predicted octanol–water partition coefficient (Wildman–Crippen LogP) is 2.12. The van der Waals surface area contributed by atoms with Crippen LogP contribution in [-0.4, -0.2) is 18.7 Å². The second-order valence-corrected chi connectivity index (χ2v) is 4.56. The van der Waals surface area contributed by atoms with Gasteiger partial charge in [-0.15, -0.1) is 0 Å². The molecule has 0 aromatic heterocycles. The van der Waals surface area contributed by atoms with E-state index in [1.807, 2.05) is 48.5 Å². The van der Waals surface area contributed by atoms with Crippen molar-refractivity contribution in [2.75, 3.05) is 7.11 Å². The molecule has 0 atom stereocenters. The van der Waals surface area contributed by atoms with Crippen LogP contribution >= 0.6 is 0 Å². The van der Waals surface area contributed by atoms with Crippen molar-refractivity contribution < 1.29 is 9.53 Å². The zero-order chi connectivity index (χ0) is 13.9. The molecule has 0 unspecified atom stereocenters. The Morgan fingerprint density at radius 2 is 1.95 bits per heavy atom. The lowest BCUT2D eigenvalue weighted by atomic mass is 9.96. The monoisotopic (exact) mass is 266 g/mol. The van der Waals surface area contributed by atoms with Gasteiger partial charge in [-0.1, -0.05) is 36.4 Å². The first-order chi connectivity index (χ1) is 9.78. The van der Waals surface area contributed by atoms with E-state index in [2.05, 4.69) is 10.5 Å². The molecule has 1 aliphatic heterocycles. The first-order valence-corrected chi connectivity index (χ1v) is 6.37. The third-order valence-corrected chi connectivity index (χ3v) is 3.26. The van der Waals surface area contributed by atoms with Crippen molar-refractivity contribution in [3.05, 3.63) is 65.2 Å². The van der Waals surface area contributed by atoms with E-state index in [-0.39, 0.29) is 5.91 Å². The first-order valence-electron chi connectivity index (χ1n) is 6.37. The summed E-state index contributed by atoms with van der Waals surface area (Å²) < 4.78 is 5.27. The number of nitrogens with zero attached hydrogens (tertiary/aromatic N) is 1. The molecule has 20 heavy (non-hydrogen) atoms. The maximum atomic E-state index is 11.7. The molecule has 4 heteroatoms. The average molecular weight is 266 g/mol. The number of amides is 1. The Labute approximate surface area is 117 Å². The Hall–Kier alpha value is -2.62. The maximum Gasteiger partial charge on any atom is 0.244 e. The van der Waals surface area contributed by atoms with Crippen LogP contribution in [0.2, 0.25) is 0 Å². The zero-order valence-corrected chi connectivity index (χ0v) is 11.1. The Morgan fingerprint density at radius 1 is 1.15 bits per heavy atom. The fourth-order valence-corrected chi connectivity index (χ4v) is 2.26. The van der Waals surface area contributed by atoms with Crippen LogP contribution in [0.5, 0.6) is 5.75 Å². The van der Waals surface area contributed by atoms with Gasteiger partial charge in [0.1, 0.15) is 5.75 Å². The average Bonchev–Trinajstić information content (AvgIpc) is 2.65. The van der Waals surface area contributed by atoms with Crippen LogP contribution in [0, 0.1) is 0 Å². The van der Waals surface area contributed by atoms with Crippen LogP contribution < -0.4 is 10.2 Å². The summed E-state index contributed by atoms with van der Waals surface area (Å²) in [5.74, 6) is 0.643. The fraction of sp³-hybridized carbons (Fsp3) is 0.125. The van der Waals surface area contributed by atoms with E-state index in [1.165, 1.54) is 0 Å². The van der Waals surface area contributed by atoms with Gasteiger partial charge in [-0.25, -0.2) is 5.43 Å². The molecule has 2 aromatic carbocycles. The normalized spacial score (nSPS) is 13.8. The molecule has 0 spiro atoms. The van der Waals surface area contributed by atoms with Crippen LogP contribution in [0.25, 0.3) is 0 Å². The van der Waals surface area contributed by atoms with Gasteiger partial charge >= 0.3 is 0 Å². The Balaban J connectivity index is 2.18. The molecule has 1 N–H and O–H groups in total. The smallest absolute Gasteiger partial charge is 0.244 e. The summed E-state index contributed by atoms with van der Waals surface area (Å²) >= 11 is 0. The number of ether oxygens (including phenoxy) is 1. The van der Waals surface area contributed by atoms with E-state index < -0.39 is 0 Å². The maximum absolute atomic E-state index is 11.7. The van der Waals surface area contributed by atoms with Crippen molar-refractivity contribution in [1.82, 2.24) is 5.43 Å². The summed E-state index contributed by atoms with van der Waals surface area (Å²) in [6, 6.07) is 15.5. The van der Waals surface area contributed by atoms with E-state index in [1.54, 1.807) is 7.11 Å². The van der Waals surface area contributed by atoms with Crippen LogP contribution in [0.1, 0.15) is 16.7 Å². The summed E-state index contributed by atoms with van der Waals surface area (Å²) in [6.45, 7) is 0. The zero-order valence-electron chi connectivity index (χ0n) is 11.1. The van der Waals surface area contributed by atoms with E-state index in [4.69, 9.17) is 4.74 Å². The molecular weight excluding hydrogens is 252 g/mol. The van der Waals surface area contributed by atoms with Gasteiger partial charge in [0, 0.05) is 11.1 Å². The minimum Gasteiger partial charge on any atom is -0.497 e. The van der Waals surface area contributed by atoms with Gasteiger partial charge in [0.25, 0.3) is 0 Å². The molecule has 0 bridgehead atoms. The van der Waals surface area contributed by atoms with Crippen LogP contribution in [0.15, 0.2) is 53.6 Å². The lowest BCUT2D eigenvalue weighted by Crippen LogP contribution is -2.18. The third-order valence-electron chi connectivity index (χ3n) is 3.26. The molecule has 1 aliphatic rings. The lowest BCUT2D eigenvalue weighted by Gasteiger charge is -2.10. The predicted molar refractivity (Wildman–Crippen MR) is 76.9 cm³/mol. The minimum atomic E-state index is -0.109. The lowest BCUT2D eigenvalue weighted by molar-refractivity contribution is -0.120. The first kappa shape index (κ1) is 12.4. The Kier molecular flexibility index (Phi) is 3.21. The van der Waals surface area contributed by atoms with Crippen LogP contribution in [-0.2, 0) is 11.2 Å². The van der Waals surface area contributed by atoms with Gasteiger partial charge in [-0.3, -0.25) is 4.79 Å². The molecule has 0 fully saturated rings. The van der Waals surface area contributed by atoms with Crippen molar-refractivity contribution >= 4 is 11.6 Å². The standard InChI is InChI=1S/C16H14N2O2/c1-20-13-8-7-12-9-15(19)17-18-16(14(12)10-13)11-5-3-2-4-6-11/h2-8,10H,9H2,1H3,(H,17,19). The number of hydrazone groups is 1. The van der Waals surface area contributed by atoms with Crippen molar-refractivity contribution in [2.24, 2.45) is 5.10 Å². The van der Waals surface area contributed by atoms with Gasteiger partial charge in [-0.05, 0) is 17.7 Å². The summed E-state index contributed by atoms with van der Waals surface area (Å²) in [7, 11) is 1.63. The topological polar surface area (TPSA) is 50.7 Å². The molecule has 0 radical (unpaired) electrons. The summed E-state index contributed by atoms with van der Waals surface area (Å²) in [5.41, 5.74) is 6.18. The van der Waals surface area contributed by atoms with Gasteiger partial charge in [0.05, 0.1) is 19.2 Å². The highest BCUT2D eigenvalue weighted by atomic mass is 16.5. The third kappa shape index (κ3) is 2.28. The molecule has 0 saturated heterocycles. The molecule has 0 aliphatic carbocycles. The molecular formula is C16H14N2O2. The van der Waals surface area contributed by atoms with Crippen LogP contribution in [0.4, 0.5) is 0 Å². The molecule has 4 nitrogen and oxygen atoms in total. The quantitative estimate of drug-likeness (QED) is 0.905. The van der Waals surface area contributed by atoms with Crippen molar-refractivity contribution in [2.45, 2.75) is 6.42 Å². The van der Waals surface area contributed by atoms with Gasteiger partial charge in [0.15, 0.2) is 0 Å². The molecule has 2 aromatic rings. The fourth-order valence-electron chi connectivity index (χ4n) is 2.26. The SMILES string of the molecule is COc1ccc2c(c1)C(c1ccccc1)=NNC(=O)C2. The summed E-state index contributed by atoms with van der Waals surface area (Å²) in [6.07, 6.45) is 0.319. The largest absolute Gasteiger partial charge is 0.497 e. The second-order valence-electron chi connectivity index (χ2n) is 4.56. The number of carbonyl (C=O) groups is 1. The number of benzene rings is 2. The Morgan fingerprint density at radius 3 is 2.70 bits per heavy atom. The number of carbonyl (C=O) groups excluding carboxylic acids is 1. The number of methoxy groups -OCH3 is 1. The van der Waals surface area contributed by atoms with E-state index in [0.29, 0.717) is 6.42 Å². The molecule has 0 saturated carbocycles. The summed E-state index contributed by atoms with van der Waals surface area (Å²) in [4.78, 5) is 11.7. The van der Waals surface area contributed by atoms with Crippen LogP contribution in [0.3, 0.4) is 0 Å². The number of fused-ring (bicyclic) bond motifs is 1. The van der Waals surface area contributed by atoms with Crippen molar-refractivity contribution in [3.8, 4) is 5.75 Å². The van der Waals surface area contributed by atoms with Crippen molar-refractivity contribution in [1.29, 1.82) is 0 Å². The highest BCUT2D eigenvalue weighted by Gasteiger charge is 2.18. The number of nitrogens with one attached hydrogen (secondary N) is 1. The minimum absolute atomic E-state index is 0.109. The van der Waals surface area contributed by atoms with Gasteiger partial charge in [-0.2, -0.15) is 5.10 Å². The molecule has 1 amide bonds. The van der Waals surface area contributed by atoms with E-state index in [9.17, 15) is 4.79 Å². The highest BCUT2D eigenvalue weighted by molar-refractivity contribution is 6.15. The van der Waals surface area contributed by atoms with E-state index in [0.717, 1.165) is 28.2 Å².